The molecule has 0 saturated carbocycles. The first-order valence-electron chi connectivity index (χ1n) is 5.79. The van der Waals surface area contributed by atoms with Gasteiger partial charge in [0.2, 0.25) is 0 Å². The molecule has 0 fully saturated rings. The molecule has 19 heavy (non-hydrogen) atoms. The molecule has 0 spiro atoms. The Kier molecular flexibility index (Phi) is 4.17. The van der Waals surface area contributed by atoms with Gasteiger partial charge in [-0.3, -0.25) is 4.79 Å². The van der Waals surface area contributed by atoms with Crippen LogP contribution in [0.5, 0.6) is 0 Å². The maximum Gasteiger partial charge on any atom is 0.251 e. The number of carbonyl (C=O) groups excluding carboxylic acids is 1. The number of carbonyl (C=O) groups is 1. The Morgan fingerprint density at radius 3 is 2.37 bits per heavy atom. The van der Waals surface area contributed by atoms with Gasteiger partial charge < -0.3 is 9.73 Å². The number of amides is 1. The minimum atomic E-state index is -0.244. The molecule has 1 amide bonds. The SMILES string of the molecule is Cc1ccc(C(C)NC(=O)c2cc(Cl)cc(Cl)c2)o1. The second kappa shape index (κ2) is 5.68. The molecule has 1 N–H and O–H groups in total. The summed E-state index contributed by atoms with van der Waals surface area (Å²) in [6.07, 6.45) is 0. The molecule has 1 atom stereocenters. The predicted molar refractivity (Wildman–Crippen MR) is 75.8 cm³/mol. The number of nitrogens with one attached hydrogen (secondary N) is 1. The van der Waals surface area contributed by atoms with E-state index in [1.165, 1.54) is 0 Å². The molecule has 5 heteroatoms. The Morgan fingerprint density at radius 2 is 1.84 bits per heavy atom. The Balaban J connectivity index is 2.12. The third-order valence-electron chi connectivity index (χ3n) is 2.66. The van der Waals surface area contributed by atoms with Crippen LogP contribution >= 0.6 is 23.2 Å². The molecule has 1 unspecified atom stereocenters. The summed E-state index contributed by atoms with van der Waals surface area (Å²) >= 11 is 11.7. The summed E-state index contributed by atoms with van der Waals surface area (Å²) in [5.41, 5.74) is 0.424. The van der Waals surface area contributed by atoms with Gasteiger partial charge in [0.15, 0.2) is 0 Å². The smallest absolute Gasteiger partial charge is 0.251 e. The Morgan fingerprint density at radius 1 is 1.21 bits per heavy atom. The molecular formula is C14H13Cl2NO2. The topological polar surface area (TPSA) is 42.2 Å². The van der Waals surface area contributed by atoms with Crippen molar-refractivity contribution in [2.45, 2.75) is 19.9 Å². The number of hydrogen-bond donors (Lipinski definition) is 1. The summed E-state index contributed by atoms with van der Waals surface area (Å²) in [4.78, 5) is 12.1. The zero-order valence-corrected chi connectivity index (χ0v) is 12.0. The van der Waals surface area contributed by atoms with Crippen molar-refractivity contribution in [2.24, 2.45) is 0 Å². The van der Waals surface area contributed by atoms with Crippen molar-refractivity contribution in [1.82, 2.24) is 5.32 Å². The average Bonchev–Trinajstić information content (AvgIpc) is 2.74. The van der Waals surface area contributed by atoms with Crippen LogP contribution in [0.4, 0.5) is 0 Å². The minimum absolute atomic E-state index is 0.223. The monoisotopic (exact) mass is 297 g/mol. The molecule has 3 nitrogen and oxygen atoms in total. The molecular weight excluding hydrogens is 285 g/mol. The van der Waals surface area contributed by atoms with Crippen LogP contribution in [0.15, 0.2) is 34.7 Å². The highest BCUT2D eigenvalue weighted by Gasteiger charge is 2.14. The van der Waals surface area contributed by atoms with Gasteiger partial charge in [-0.1, -0.05) is 23.2 Å². The van der Waals surface area contributed by atoms with Gasteiger partial charge in [-0.2, -0.15) is 0 Å². The van der Waals surface area contributed by atoms with Crippen LogP contribution in [0.1, 0.15) is 34.8 Å². The van der Waals surface area contributed by atoms with E-state index in [0.29, 0.717) is 21.4 Å². The highest BCUT2D eigenvalue weighted by molar-refractivity contribution is 6.35. The van der Waals surface area contributed by atoms with Crippen LogP contribution < -0.4 is 5.32 Å². The lowest BCUT2D eigenvalue weighted by molar-refractivity contribution is 0.0935. The molecule has 0 aliphatic heterocycles. The van der Waals surface area contributed by atoms with Crippen molar-refractivity contribution in [3.05, 3.63) is 57.5 Å². The Hall–Kier alpha value is -1.45. The largest absolute Gasteiger partial charge is 0.464 e. The lowest BCUT2D eigenvalue weighted by Crippen LogP contribution is -2.26. The van der Waals surface area contributed by atoms with Crippen LogP contribution in [0.25, 0.3) is 0 Å². The van der Waals surface area contributed by atoms with Gasteiger partial charge in [0.25, 0.3) is 5.91 Å². The molecule has 2 aromatic rings. The van der Waals surface area contributed by atoms with Crippen molar-refractivity contribution >= 4 is 29.1 Å². The molecule has 0 saturated heterocycles. The summed E-state index contributed by atoms with van der Waals surface area (Å²) in [6.45, 7) is 3.71. The van der Waals surface area contributed by atoms with Crippen LogP contribution in [-0.4, -0.2) is 5.91 Å². The molecule has 0 aliphatic rings. The third kappa shape index (κ3) is 3.52. The van der Waals surface area contributed by atoms with Gasteiger partial charge in [0.05, 0.1) is 6.04 Å². The maximum atomic E-state index is 12.1. The fourth-order valence-corrected chi connectivity index (χ4v) is 2.25. The molecule has 0 bridgehead atoms. The Labute approximate surface area is 121 Å². The van der Waals surface area contributed by atoms with Crippen molar-refractivity contribution in [1.29, 1.82) is 0 Å². The van der Waals surface area contributed by atoms with E-state index in [1.54, 1.807) is 18.2 Å². The molecule has 0 aliphatic carbocycles. The number of rotatable bonds is 3. The van der Waals surface area contributed by atoms with E-state index in [1.807, 2.05) is 26.0 Å². The summed E-state index contributed by atoms with van der Waals surface area (Å²) in [7, 11) is 0. The first kappa shape index (κ1) is 14.0. The van der Waals surface area contributed by atoms with Gasteiger partial charge >= 0.3 is 0 Å². The van der Waals surface area contributed by atoms with Gasteiger partial charge in [-0.15, -0.1) is 0 Å². The highest BCUT2D eigenvalue weighted by Crippen LogP contribution is 2.20. The van der Waals surface area contributed by atoms with Gasteiger partial charge in [-0.25, -0.2) is 0 Å². The fourth-order valence-electron chi connectivity index (χ4n) is 1.72. The van der Waals surface area contributed by atoms with E-state index >= 15 is 0 Å². The molecule has 0 radical (unpaired) electrons. The van der Waals surface area contributed by atoms with E-state index in [-0.39, 0.29) is 11.9 Å². The van der Waals surface area contributed by atoms with Crippen LogP contribution in [-0.2, 0) is 0 Å². The summed E-state index contributed by atoms with van der Waals surface area (Å²) in [5, 5.41) is 3.69. The second-order valence-corrected chi connectivity index (χ2v) is 5.17. The third-order valence-corrected chi connectivity index (χ3v) is 3.10. The van der Waals surface area contributed by atoms with E-state index in [4.69, 9.17) is 27.6 Å². The van der Waals surface area contributed by atoms with E-state index in [2.05, 4.69) is 5.32 Å². The van der Waals surface area contributed by atoms with Gasteiger partial charge in [-0.05, 0) is 44.2 Å². The minimum Gasteiger partial charge on any atom is -0.464 e. The second-order valence-electron chi connectivity index (χ2n) is 4.30. The zero-order chi connectivity index (χ0) is 14.0. The first-order valence-corrected chi connectivity index (χ1v) is 6.54. The van der Waals surface area contributed by atoms with Crippen LogP contribution in [0, 0.1) is 6.92 Å². The summed E-state index contributed by atoms with van der Waals surface area (Å²) in [6, 6.07) is 8.20. The zero-order valence-electron chi connectivity index (χ0n) is 10.5. The van der Waals surface area contributed by atoms with Crippen molar-refractivity contribution in [3.8, 4) is 0 Å². The van der Waals surface area contributed by atoms with Gasteiger partial charge in [0, 0.05) is 15.6 Å². The number of halogens is 2. The van der Waals surface area contributed by atoms with Crippen molar-refractivity contribution < 1.29 is 9.21 Å². The lowest BCUT2D eigenvalue weighted by Gasteiger charge is -2.12. The molecule has 1 aromatic carbocycles. The summed E-state index contributed by atoms with van der Waals surface area (Å²) < 4.78 is 5.46. The van der Waals surface area contributed by atoms with Crippen LogP contribution in [0.2, 0.25) is 10.0 Å². The Bertz CT molecular complexity index is 587. The average molecular weight is 298 g/mol. The van der Waals surface area contributed by atoms with Crippen molar-refractivity contribution in [3.63, 3.8) is 0 Å². The quantitative estimate of drug-likeness (QED) is 0.913. The fraction of sp³-hybridized carbons (Fsp3) is 0.214. The lowest BCUT2D eigenvalue weighted by atomic mass is 10.2. The summed E-state index contributed by atoms with van der Waals surface area (Å²) in [5.74, 6) is 1.27. The molecule has 2 rings (SSSR count). The number of benzene rings is 1. The standard InChI is InChI=1S/C14H13Cl2NO2/c1-8-3-4-13(19-8)9(2)17-14(18)10-5-11(15)7-12(16)6-10/h3-7,9H,1-2H3,(H,17,18). The molecule has 100 valence electrons. The maximum absolute atomic E-state index is 12.1. The van der Waals surface area contributed by atoms with Crippen LogP contribution in [0.3, 0.4) is 0 Å². The number of furan rings is 1. The number of hydrogen-bond acceptors (Lipinski definition) is 2. The predicted octanol–water partition coefficient (Wildman–Crippen LogP) is 4.39. The van der Waals surface area contributed by atoms with E-state index in [0.717, 1.165) is 5.76 Å². The number of aryl methyl sites for hydroxylation is 1. The normalized spacial score (nSPS) is 12.2. The van der Waals surface area contributed by atoms with E-state index in [9.17, 15) is 4.79 Å². The van der Waals surface area contributed by atoms with E-state index < -0.39 is 0 Å². The van der Waals surface area contributed by atoms with Crippen molar-refractivity contribution in [2.75, 3.05) is 0 Å². The molecule has 1 aromatic heterocycles. The molecule has 1 heterocycles. The highest BCUT2D eigenvalue weighted by atomic mass is 35.5. The first-order chi connectivity index (χ1) is 8.95. The van der Waals surface area contributed by atoms with Gasteiger partial charge in [0.1, 0.15) is 11.5 Å².